The zero-order valence-corrected chi connectivity index (χ0v) is 17.4. The zero-order chi connectivity index (χ0) is 20.3. The van der Waals surface area contributed by atoms with Crippen LogP contribution in [0.3, 0.4) is 0 Å². The van der Waals surface area contributed by atoms with E-state index in [9.17, 15) is 9.59 Å². The van der Waals surface area contributed by atoms with Gasteiger partial charge in [-0.05, 0) is 68.1 Å². The van der Waals surface area contributed by atoms with Gasteiger partial charge in [0.25, 0.3) is 5.91 Å². The molecule has 1 aliphatic heterocycles. The number of piperidine rings is 1. The van der Waals surface area contributed by atoms with Crippen molar-refractivity contribution in [1.29, 1.82) is 0 Å². The van der Waals surface area contributed by atoms with Gasteiger partial charge in [-0.25, -0.2) is 4.79 Å². The lowest BCUT2D eigenvalue weighted by molar-refractivity contribution is -0.0134. The number of hydrogen-bond donors (Lipinski definition) is 1. The molecule has 0 aromatic heterocycles. The Kier molecular flexibility index (Phi) is 6.38. The number of ether oxygens (including phenoxy) is 1. The van der Waals surface area contributed by atoms with Crippen LogP contribution in [0.5, 0.6) is 5.75 Å². The molecule has 154 valence electrons. The molecule has 2 aliphatic rings. The van der Waals surface area contributed by atoms with E-state index in [1.165, 1.54) is 22.6 Å². The van der Waals surface area contributed by atoms with E-state index in [1.54, 1.807) is 32.3 Å². The second kappa shape index (κ2) is 8.60. The molecule has 1 aromatic carbocycles. The molecule has 2 amide bonds. The van der Waals surface area contributed by atoms with Crippen LogP contribution in [0.1, 0.15) is 48.9 Å². The monoisotopic (exact) mass is 408 g/mol. The standard InChI is InChI=1S/C21H29ClN2O4/c1-23(2)19(25)17-6-5-16(12-18(17)22)28-11-3-4-15-13-21(14-15)7-9-24(10-8-21)20(26)27/h5-6,12,15H,3-4,7-11,13-14H2,1-2H3,(H,26,27). The highest BCUT2D eigenvalue weighted by Gasteiger charge is 2.45. The van der Waals surface area contributed by atoms with E-state index in [0.717, 1.165) is 31.6 Å². The van der Waals surface area contributed by atoms with Crippen LogP contribution >= 0.6 is 11.6 Å². The van der Waals surface area contributed by atoms with Crippen LogP contribution in [0.4, 0.5) is 4.79 Å². The number of rotatable bonds is 6. The van der Waals surface area contributed by atoms with Gasteiger partial charge in [0.05, 0.1) is 17.2 Å². The first kappa shape index (κ1) is 20.8. The largest absolute Gasteiger partial charge is 0.494 e. The third-order valence-corrected chi connectivity index (χ3v) is 6.45. The second-order valence-corrected chi connectivity index (χ2v) is 8.78. The van der Waals surface area contributed by atoms with Crippen LogP contribution in [-0.4, -0.2) is 60.7 Å². The summed E-state index contributed by atoms with van der Waals surface area (Å²) < 4.78 is 5.80. The fourth-order valence-corrected chi connectivity index (χ4v) is 4.76. The van der Waals surface area contributed by atoms with Gasteiger partial charge in [0.15, 0.2) is 0 Å². The van der Waals surface area contributed by atoms with Crippen LogP contribution in [-0.2, 0) is 0 Å². The Labute approximate surface area is 171 Å². The molecular formula is C21H29ClN2O4. The molecule has 0 bridgehead atoms. The van der Waals surface area contributed by atoms with Crippen LogP contribution in [0.15, 0.2) is 18.2 Å². The maximum Gasteiger partial charge on any atom is 0.407 e. The van der Waals surface area contributed by atoms with Gasteiger partial charge in [-0.2, -0.15) is 0 Å². The van der Waals surface area contributed by atoms with Crippen molar-refractivity contribution in [2.75, 3.05) is 33.8 Å². The lowest BCUT2D eigenvalue weighted by Crippen LogP contribution is -2.48. The number of likely N-dealkylation sites (tertiary alicyclic amines) is 1. The van der Waals surface area contributed by atoms with Crippen molar-refractivity contribution >= 4 is 23.6 Å². The van der Waals surface area contributed by atoms with Crippen molar-refractivity contribution in [3.63, 3.8) is 0 Å². The number of carbonyl (C=O) groups is 2. The molecule has 3 rings (SSSR count). The minimum atomic E-state index is -0.790. The molecule has 0 unspecified atom stereocenters. The summed E-state index contributed by atoms with van der Waals surface area (Å²) in [5, 5.41) is 9.46. The lowest BCUT2D eigenvalue weighted by atomic mass is 9.56. The van der Waals surface area contributed by atoms with Crippen molar-refractivity contribution in [2.45, 2.75) is 38.5 Å². The number of benzene rings is 1. The predicted molar refractivity (Wildman–Crippen MR) is 108 cm³/mol. The van der Waals surface area contributed by atoms with Crippen LogP contribution < -0.4 is 4.74 Å². The first-order valence-electron chi connectivity index (χ1n) is 9.91. The highest BCUT2D eigenvalue weighted by Crippen LogP contribution is 2.53. The summed E-state index contributed by atoms with van der Waals surface area (Å²) in [4.78, 5) is 26.1. The third-order valence-electron chi connectivity index (χ3n) is 6.14. The molecule has 1 N–H and O–H groups in total. The summed E-state index contributed by atoms with van der Waals surface area (Å²) in [5.74, 6) is 1.29. The van der Waals surface area contributed by atoms with Gasteiger partial charge in [0.1, 0.15) is 5.75 Å². The Morgan fingerprint density at radius 2 is 1.96 bits per heavy atom. The average molecular weight is 409 g/mol. The molecule has 2 fully saturated rings. The molecule has 1 spiro atoms. The summed E-state index contributed by atoms with van der Waals surface area (Å²) in [5.41, 5.74) is 0.868. The van der Waals surface area contributed by atoms with E-state index < -0.39 is 6.09 Å². The number of amides is 2. The number of halogens is 1. The molecular weight excluding hydrogens is 380 g/mol. The maximum absolute atomic E-state index is 12.0. The molecule has 0 radical (unpaired) electrons. The van der Waals surface area contributed by atoms with Crippen LogP contribution in [0, 0.1) is 11.3 Å². The summed E-state index contributed by atoms with van der Waals surface area (Å²) in [7, 11) is 3.40. The molecule has 0 atom stereocenters. The first-order valence-corrected chi connectivity index (χ1v) is 10.3. The molecule has 28 heavy (non-hydrogen) atoms. The van der Waals surface area contributed by atoms with Gasteiger partial charge >= 0.3 is 6.09 Å². The summed E-state index contributed by atoms with van der Waals surface area (Å²) in [6.45, 7) is 1.99. The van der Waals surface area contributed by atoms with Crippen molar-refractivity contribution in [1.82, 2.24) is 9.80 Å². The van der Waals surface area contributed by atoms with Crippen molar-refractivity contribution < 1.29 is 19.4 Å². The first-order chi connectivity index (χ1) is 13.3. The van der Waals surface area contributed by atoms with Crippen LogP contribution in [0.25, 0.3) is 0 Å². The lowest BCUT2D eigenvalue weighted by Gasteiger charge is -2.52. The highest BCUT2D eigenvalue weighted by molar-refractivity contribution is 6.34. The van der Waals surface area contributed by atoms with E-state index in [0.29, 0.717) is 41.4 Å². The Hall–Kier alpha value is -1.95. The topological polar surface area (TPSA) is 70.1 Å². The molecule has 1 saturated heterocycles. The molecule has 1 aromatic rings. The van der Waals surface area contributed by atoms with E-state index in [1.807, 2.05) is 0 Å². The SMILES string of the molecule is CN(C)C(=O)c1ccc(OCCCC2CC3(CCN(C(=O)O)CC3)C2)cc1Cl. The minimum Gasteiger partial charge on any atom is -0.494 e. The van der Waals surface area contributed by atoms with E-state index in [4.69, 9.17) is 21.4 Å². The van der Waals surface area contributed by atoms with E-state index in [-0.39, 0.29) is 5.91 Å². The Bertz CT molecular complexity index is 721. The Balaban J connectivity index is 1.36. The second-order valence-electron chi connectivity index (χ2n) is 8.38. The van der Waals surface area contributed by atoms with Gasteiger partial charge in [-0.15, -0.1) is 0 Å². The molecule has 1 saturated carbocycles. The Morgan fingerprint density at radius 3 is 2.54 bits per heavy atom. The van der Waals surface area contributed by atoms with Gasteiger partial charge in [-0.1, -0.05) is 11.6 Å². The van der Waals surface area contributed by atoms with E-state index in [2.05, 4.69) is 0 Å². The van der Waals surface area contributed by atoms with Gasteiger partial charge < -0.3 is 19.6 Å². The zero-order valence-electron chi connectivity index (χ0n) is 16.6. The van der Waals surface area contributed by atoms with E-state index >= 15 is 0 Å². The molecule has 7 heteroatoms. The number of carboxylic acid groups (broad SMARTS) is 1. The smallest absolute Gasteiger partial charge is 0.407 e. The normalized spacial score (nSPS) is 18.6. The van der Waals surface area contributed by atoms with Gasteiger partial charge in [0, 0.05) is 27.2 Å². The predicted octanol–water partition coefficient (Wildman–Crippen LogP) is 4.37. The molecule has 1 heterocycles. The minimum absolute atomic E-state index is 0.121. The van der Waals surface area contributed by atoms with Crippen molar-refractivity contribution in [2.24, 2.45) is 11.3 Å². The highest BCUT2D eigenvalue weighted by atomic mass is 35.5. The Morgan fingerprint density at radius 1 is 1.29 bits per heavy atom. The molecule has 1 aliphatic carbocycles. The third kappa shape index (κ3) is 4.72. The maximum atomic E-state index is 12.0. The van der Waals surface area contributed by atoms with Gasteiger partial charge in [-0.3, -0.25) is 4.79 Å². The number of carbonyl (C=O) groups excluding carboxylic acids is 1. The fourth-order valence-electron chi connectivity index (χ4n) is 4.51. The summed E-state index contributed by atoms with van der Waals surface area (Å²) in [6, 6.07) is 5.20. The fraction of sp³-hybridized carbons (Fsp3) is 0.619. The van der Waals surface area contributed by atoms with Crippen molar-refractivity contribution in [3.05, 3.63) is 28.8 Å². The van der Waals surface area contributed by atoms with Gasteiger partial charge in [0.2, 0.25) is 0 Å². The van der Waals surface area contributed by atoms with Crippen LogP contribution in [0.2, 0.25) is 5.02 Å². The summed E-state index contributed by atoms with van der Waals surface area (Å²) >= 11 is 6.21. The molecule has 6 nitrogen and oxygen atoms in total. The quantitative estimate of drug-likeness (QED) is 0.709. The number of hydrogen-bond acceptors (Lipinski definition) is 3. The van der Waals surface area contributed by atoms with Crippen molar-refractivity contribution in [3.8, 4) is 5.75 Å². The summed E-state index contributed by atoms with van der Waals surface area (Å²) in [6.07, 6.45) is 5.77. The average Bonchev–Trinajstić information content (AvgIpc) is 2.63. The number of nitrogens with zero attached hydrogens (tertiary/aromatic N) is 2.